The van der Waals surface area contributed by atoms with Crippen molar-refractivity contribution in [1.29, 1.82) is 0 Å². The number of para-hydroxylation sites is 1. The molecule has 0 aliphatic carbocycles. The number of hydrogen-bond acceptors (Lipinski definition) is 4. The second-order valence-electron chi connectivity index (χ2n) is 5.83. The molecule has 0 fully saturated rings. The third-order valence-corrected chi connectivity index (χ3v) is 5.67. The van der Waals surface area contributed by atoms with Crippen LogP contribution in [0.2, 0.25) is 0 Å². The number of pyridine rings is 1. The fraction of sp³-hybridized carbons (Fsp3) is 0.167. The fourth-order valence-electron chi connectivity index (χ4n) is 3.15. The van der Waals surface area contributed by atoms with Crippen LogP contribution in [-0.4, -0.2) is 19.9 Å². The maximum atomic E-state index is 13.0. The Hall–Kier alpha value is -2.44. The quantitative estimate of drug-likeness (QED) is 0.797. The highest BCUT2D eigenvalue weighted by atomic mass is 32.2. The smallest absolute Gasteiger partial charge is 0.258 e. The van der Waals surface area contributed by atoms with E-state index in [1.807, 2.05) is 30.3 Å². The van der Waals surface area contributed by atoms with Gasteiger partial charge >= 0.3 is 0 Å². The number of sulfonamides is 1. The summed E-state index contributed by atoms with van der Waals surface area (Å²) in [5.74, 6) is 0. The summed E-state index contributed by atoms with van der Waals surface area (Å²) in [4.78, 5) is 7.07. The van der Waals surface area contributed by atoms with Crippen LogP contribution in [0, 0.1) is 0 Å². The number of aryl methyl sites for hydroxylation is 1. The van der Waals surface area contributed by atoms with E-state index in [9.17, 15) is 8.42 Å². The van der Waals surface area contributed by atoms with Gasteiger partial charge in [-0.05, 0) is 36.6 Å². The molecule has 6 heteroatoms. The summed E-state index contributed by atoms with van der Waals surface area (Å²) >= 11 is 0. The molecule has 0 saturated carbocycles. The second-order valence-corrected chi connectivity index (χ2v) is 7.46. The summed E-state index contributed by atoms with van der Waals surface area (Å²) in [6, 6.07) is 14.8. The molecule has 0 amide bonds. The first-order valence-corrected chi connectivity index (χ1v) is 9.34. The van der Waals surface area contributed by atoms with E-state index >= 15 is 0 Å². The molecule has 0 radical (unpaired) electrons. The molecule has 0 bridgehead atoms. The fourth-order valence-corrected chi connectivity index (χ4v) is 4.46. The summed E-state index contributed by atoms with van der Waals surface area (Å²) in [5.41, 5.74) is 2.09. The van der Waals surface area contributed by atoms with Crippen molar-refractivity contribution in [3.05, 3.63) is 66.5 Å². The molecule has 0 unspecified atom stereocenters. The van der Waals surface area contributed by atoms with Crippen molar-refractivity contribution in [3.63, 3.8) is 0 Å². The van der Waals surface area contributed by atoms with E-state index in [1.165, 1.54) is 0 Å². The van der Waals surface area contributed by atoms with E-state index in [4.69, 9.17) is 0 Å². The van der Waals surface area contributed by atoms with E-state index in [0.717, 1.165) is 29.5 Å². The predicted octanol–water partition coefficient (Wildman–Crippen LogP) is 2.88. The third-order valence-electron chi connectivity index (χ3n) is 4.27. The number of nitrogens with zero attached hydrogens (tertiary/aromatic N) is 2. The van der Waals surface area contributed by atoms with Crippen LogP contribution < -0.4 is 9.84 Å². The molecular weight excluding hydrogens is 322 g/mol. The number of aromatic nitrogens is 1. The molecule has 1 aromatic heterocycles. The molecule has 0 spiro atoms. The van der Waals surface area contributed by atoms with Gasteiger partial charge in [-0.2, -0.15) is 0 Å². The van der Waals surface area contributed by atoms with E-state index in [2.05, 4.69) is 9.82 Å². The van der Waals surface area contributed by atoms with Gasteiger partial charge < -0.3 is 0 Å². The van der Waals surface area contributed by atoms with Crippen LogP contribution in [0.3, 0.4) is 0 Å². The van der Waals surface area contributed by atoms with Gasteiger partial charge in [0.25, 0.3) is 10.0 Å². The van der Waals surface area contributed by atoms with Crippen molar-refractivity contribution < 1.29 is 8.42 Å². The van der Waals surface area contributed by atoms with Gasteiger partial charge in [-0.15, -0.1) is 4.83 Å². The van der Waals surface area contributed by atoms with Crippen molar-refractivity contribution in [3.8, 4) is 0 Å². The Morgan fingerprint density at radius 2 is 1.92 bits per heavy atom. The predicted molar refractivity (Wildman–Crippen MR) is 94.2 cm³/mol. The zero-order chi connectivity index (χ0) is 16.6. The molecule has 122 valence electrons. The van der Waals surface area contributed by atoms with Crippen LogP contribution in [0.25, 0.3) is 10.8 Å². The Bertz CT molecular complexity index is 997. The van der Waals surface area contributed by atoms with Gasteiger partial charge in [-0.1, -0.05) is 30.3 Å². The largest absolute Gasteiger partial charge is 0.294 e. The minimum absolute atomic E-state index is 0.269. The highest BCUT2D eigenvalue weighted by Crippen LogP contribution is 2.27. The average molecular weight is 339 g/mol. The van der Waals surface area contributed by atoms with Crippen LogP contribution in [-0.2, 0) is 16.4 Å². The summed E-state index contributed by atoms with van der Waals surface area (Å²) in [6.45, 7) is 0.655. The summed E-state index contributed by atoms with van der Waals surface area (Å²) in [5, 5.41) is 3.21. The van der Waals surface area contributed by atoms with Crippen LogP contribution in [0.5, 0.6) is 0 Å². The number of rotatable bonds is 3. The van der Waals surface area contributed by atoms with Crippen LogP contribution in [0.1, 0.15) is 12.0 Å². The van der Waals surface area contributed by atoms with Crippen molar-refractivity contribution in [2.24, 2.45) is 0 Å². The normalized spacial score (nSPS) is 14.6. The van der Waals surface area contributed by atoms with Crippen molar-refractivity contribution in [2.75, 3.05) is 11.6 Å². The van der Waals surface area contributed by atoms with Crippen molar-refractivity contribution in [2.45, 2.75) is 17.7 Å². The lowest BCUT2D eigenvalue weighted by Gasteiger charge is -2.31. The number of nitrogens with one attached hydrogen (secondary N) is 1. The van der Waals surface area contributed by atoms with Crippen molar-refractivity contribution in [1.82, 2.24) is 9.82 Å². The standard InChI is InChI=1S/C18H17N3O2S/c22-24(23,18-9-3-6-15-13-19-11-10-16(15)18)20-21-12-4-7-14-5-1-2-8-17(14)21/h1-3,5-6,8-11,13,20H,4,7,12H2. The third kappa shape index (κ3) is 2.64. The number of fused-ring (bicyclic) bond motifs is 2. The maximum absolute atomic E-state index is 13.0. The molecule has 5 nitrogen and oxygen atoms in total. The number of anilines is 1. The van der Waals surface area contributed by atoms with Crippen LogP contribution in [0.4, 0.5) is 5.69 Å². The first-order chi connectivity index (χ1) is 11.6. The van der Waals surface area contributed by atoms with Gasteiger partial charge in [-0.25, -0.2) is 8.42 Å². The van der Waals surface area contributed by atoms with Gasteiger partial charge in [0.1, 0.15) is 0 Å². The van der Waals surface area contributed by atoms with Gasteiger partial charge in [0.2, 0.25) is 0 Å². The topological polar surface area (TPSA) is 62.3 Å². The Kier molecular flexibility index (Phi) is 3.70. The Labute approximate surface area is 141 Å². The zero-order valence-electron chi connectivity index (χ0n) is 13.0. The second kappa shape index (κ2) is 5.89. The Morgan fingerprint density at radius 1 is 1.04 bits per heavy atom. The molecular formula is C18H17N3O2S. The zero-order valence-corrected chi connectivity index (χ0v) is 13.8. The highest BCUT2D eigenvalue weighted by Gasteiger charge is 2.24. The molecule has 24 heavy (non-hydrogen) atoms. The highest BCUT2D eigenvalue weighted by molar-refractivity contribution is 7.89. The molecule has 1 N–H and O–H groups in total. The lowest BCUT2D eigenvalue weighted by molar-refractivity contribution is 0.569. The molecule has 2 heterocycles. The van der Waals surface area contributed by atoms with Gasteiger partial charge in [0, 0.05) is 29.7 Å². The summed E-state index contributed by atoms with van der Waals surface area (Å²) in [6.07, 6.45) is 5.16. The lowest BCUT2D eigenvalue weighted by Crippen LogP contribution is -2.45. The molecule has 4 rings (SSSR count). The number of benzene rings is 2. The van der Waals surface area contributed by atoms with E-state index in [0.29, 0.717) is 11.9 Å². The number of hydrogen-bond donors (Lipinski definition) is 1. The first-order valence-electron chi connectivity index (χ1n) is 7.86. The molecule has 1 aliphatic rings. The molecule has 3 aromatic rings. The van der Waals surface area contributed by atoms with Crippen LogP contribution >= 0.6 is 0 Å². The summed E-state index contributed by atoms with van der Waals surface area (Å²) in [7, 11) is -3.68. The van der Waals surface area contributed by atoms with E-state index in [1.54, 1.807) is 35.6 Å². The first kappa shape index (κ1) is 15.1. The van der Waals surface area contributed by atoms with Gasteiger partial charge in [-0.3, -0.25) is 9.99 Å². The van der Waals surface area contributed by atoms with Crippen LogP contribution in [0.15, 0.2) is 65.8 Å². The molecule has 2 aromatic carbocycles. The minimum atomic E-state index is -3.68. The van der Waals surface area contributed by atoms with E-state index in [-0.39, 0.29) is 4.90 Å². The monoisotopic (exact) mass is 339 g/mol. The maximum Gasteiger partial charge on any atom is 0.258 e. The molecule has 0 atom stereocenters. The number of hydrazine groups is 1. The Morgan fingerprint density at radius 3 is 2.83 bits per heavy atom. The lowest BCUT2D eigenvalue weighted by atomic mass is 10.0. The Balaban J connectivity index is 1.74. The molecule has 1 aliphatic heterocycles. The van der Waals surface area contributed by atoms with Gasteiger partial charge in [0.05, 0.1) is 10.6 Å². The SMILES string of the molecule is O=S(=O)(NN1CCCc2ccccc21)c1cccc2cnccc12. The average Bonchev–Trinajstić information content (AvgIpc) is 2.61. The summed E-state index contributed by atoms with van der Waals surface area (Å²) < 4.78 is 25.9. The van der Waals surface area contributed by atoms with Gasteiger partial charge in [0.15, 0.2) is 0 Å². The van der Waals surface area contributed by atoms with Crippen molar-refractivity contribution >= 4 is 26.5 Å². The minimum Gasteiger partial charge on any atom is -0.294 e. The van der Waals surface area contributed by atoms with E-state index < -0.39 is 10.0 Å². The molecule has 0 saturated heterocycles.